The van der Waals surface area contributed by atoms with Gasteiger partial charge in [0.2, 0.25) is 5.91 Å². The Morgan fingerprint density at radius 2 is 1.56 bits per heavy atom. The molecule has 4 N–H and O–H groups in total. The fourth-order valence-electron chi connectivity index (χ4n) is 4.04. The van der Waals surface area contributed by atoms with Crippen molar-refractivity contribution in [1.29, 1.82) is 0 Å². The van der Waals surface area contributed by atoms with E-state index in [2.05, 4.69) is 10.4 Å². The molecule has 0 aliphatic carbocycles. The highest BCUT2D eigenvalue weighted by Crippen LogP contribution is 2.29. The number of hydrogen-bond acceptors (Lipinski definition) is 5. The lowest BCUT2D eigenvalue weighted by Crippen LogP contribution is -2.42. The number of benzene rings is 3. The van der Waals surface area contributed by atoms with Gasteiger partial charge in [-0.3, -0.25) is 14.4 Å². The second kappa shape index (κ2) is 11.5. The summed E-state index contributed by atoms with van der Waals surface area (Å²) in [5.74, 6) is -2.51. The standard InChI is InChI=1S/C28H22Cl2N4O5/c1-34-27(37)23(19(14-32-34)16-9-11-18(12-10-16)25(31)35)17-7-5-15(6-8-17)13-22(28(38)39)33-26(36)24-20(29)3-2-4-21(24)30/h2-12,14,22H,13H2,1H3,(H2,31,35)(H,33,36)(H,38,39)/t22-/m0/s1. The molecule has 0 radical (unpaired) electrons. The van der Waals surface area contributed by atoms with Crippen LogP contribution in [-0.4, -0.2) is 38.7 Å². The number of aromatic nitrogens is 2. The van der Waals surface area contributed by atoms with Gasteiger partial charge in [-0.2, -0.15) is 5.10 Å². The Hall–Kier alpha value is -4.47. The molecule has 39 heavy (non-hydrogen) atoms. The number of carbonyl (C=O) groups excluding carboxylic acids is 2. The number of carboxylic acids is 1. The summed E-state index contributed by atoms with van der Waals surface area (Å²) in [4.78, 5) is 49.1. The predicted octanol–water partition coefficient (Wildman–Crippen LogP) is 3.95. The summed E-state index contributed by atoms with van der Waals surface area (Å²) in [6.07, 6.45) is 1.53. The largest absolute Gasteiger partial charge is 0.480 e. The van der Waals surface area contributed by atoms with E-state index in [1.165, 1.54) is 23.9 Å². The smallest absolute Gasteiger partial charge is 0.326 e. The van der Waals surface area contributed by atoms with Gasteiger partial charge in [0.1, 0.15) is 6.04 Å². The monoisotopic (exact) mass is 564 g/mol. The molecule has 4 aromatic rings. The van der Waals surface area contributed by atoms with Crippen molar-refractivity contribution in [3.05, 3.63) is 110 Å². The number of nitrogens with zero attached hydrogens (tertiary/aromatic N) is 2. The number of carboxylic acid groups (broad SMARTS) is 1. The third kappa shape index (κ3) is 6.00. The summed E-state index contributed by atoms with van der Waals surface area (Å²) in [5, 5.41) is 16.5. The molecule has 0 saturated carbocycles. The Morgan fingerprint density at radius 3 is 2.13 bits per heavy atom. The van der Waals surface area contributed by atoms with E-state index < -0.39 is 23.8 Å². The third-order valence-electron chi connectivity index (χ3n) is 6.09. The van der Waals surface area contributed by atoms with Crippen molar-refractivity contribution >= 4 is 41.0 Å². The highest BCUT2D eigenvalue weighted by Gasteiger charge is 2.24. The lowest BCUT2D eigenvalue weighted by Gasteiger charge is -2.16. The van der Waals surface area contributed by atoms with Crippen LogP contribution in [0.1, 0.15) is 26.3 Å². The zero-order valence-electron chi connectivity index (χ0n) is 20.5. The molecule has 3 aromatic carbocycles. The molecular weight excluding hydrogens is 543 g/mol. The molecule has 0 aliphatic rings. The molecular formula is C28H22Cl2N4O5. The van der Waals surface area contributed by atoms with Gasteiger partial charge in [-0.25, -0.2) is 9.48 Å². The SMILES string of the molecule is Cn1ncc(-c2ccc(C(N)=O)cc2)c(-c2ccc(C[C@H](NC(=O)c3c(Cl)cccc3Cl)C(=O)O)cc2)c1=O. The van der Waals surface area contributed by atoms with Gasteiger partial charge in [-0.15, -0.1) is 0 Å². The van der Waals surface area contributed by atoms with Gasteiger partial charge in [0.15, 0.2) is 0 Å². The van der Waals surface area contributed by atoms with Crippen molar-refractivity contribution in [2.24, 2.45) is 12.8 Å². The van der Waals surface area contributed by atoms with Crippen molar-refractivity contribution in [2.75, 3.05) is 0 Å². The number of rotatable bonds is 8. The van der Waals surface area contributed by atoms with Crippen LogP contribution in [0.3, 0.4) is 0 Å². The number of halogens is 2. The number of amides is 2. The van der Waals surface area contributed by atoms with Crippen LogP contribution in [0.25, 0.3) is 22.3 Å². The average Bonchev–Trinajstić information content (AvgIpc) is 2.90. The van der Waals surface area contributed by atoms with E-state index in [4.69, 9.17) is 28.9 Å². The van der Waals surface area contributed by atoms with Gasteiger partial charge >= 0.3 is 5.97 Å². The van der Waals surface area contributed by atoms with E-state index in [-0.39, 0.29) is 27.6 Å². The Bertz CT molecular complexity index is 1610. The van der Waals surface area contributed by atoms with E-state index >= 15 is 0 Å². The van der Waals surface area contributed by atoms with E-state index in [1.807, 2.05) is 0 Å². The van der Waals surface area contributed by atoms with Crippen LogP contribution in [0, 0.1) is 0 Å². The fourth-order valence-corrected chi connectivity index (χ4v) is 4.61. The third-order valence-corrected chi connectivity index (χ3v) is 6.72. The van der Waals surface area contributed by atoms with Crippen LogP contribution >= 0.6 is 23.2 Å². The van der Waals surface area contributed by atoms with Crippen molar-refractivity contribution in [1.82, 2.24) is 15.1 Å². The molecule has 0 bridgehead atoms. The second-order valence-electron chi connectivity index (χ2n) is 8.67. The van der Waals surface area contributed by atoms with Gasteiger partial charge in [0.05, 0.1) is 27.4 Å². The minimum absolute atomic E-state index is 0.00708. The van der Waals surface area contributed by atoms with E-state index in [0.717, 1.165) is 0 Å². The van der Waals surface area contributed by atoms with Crippen molar-refractivity contribution in [3.8, 4) is 22.3 Å². The lowest BCUT2D eigenvalue weighted by atomic mass is 9.95. The van der Waals surface area contributed by atoms with Gasteiger partial charge in [-0.05, 0) is 41.0 Å². The quantitative estimate of drug-likeness (QED) is 0.295. The first-order valence-corrected chi connectivity index (χ1v) is 12.4. The highest BCUT2D eigenvalue weighted by molar-refractivity contribution is 6.39. The molecule has 4 rings (SSSR count). The highest BCUT2D eigenvalue weighted by atomic mass is 35.5. The maximum Gasteiger partial charge on any atom is 0.326 e. The number of aryl methyl sites for hydroxylation is 1. The van der Waals surface area contributed by atoms with E-state index in [9.17, 15) is 24.3 Å². The summed E-state index contributed by atoms with van der Waals surface area (Å²) in [5.41, 5.74) is 8.09. The summed E-state index contributed by atoms with van der Waals surface area (Å²) >= 11 is 12.2. The van der Waals surface area contributed by atoms with Crippen LogP contribution in [0.15, 0.2) is 77.7 Å². The molecule has 0 aliphatic heterocycles. The van der Waals surface area contributed by atoms with Crippen molar-refractivity contribution in [2.45, 2.75) is 12.5 Å². The predicted molar refractivity (Wildman–Crippen MR) is 148 cm³/mol. The minimum atomic E-state index is -1.26. The fraction of sp³-hybridized carbons (Fsp3) is 0.107. The first-order valence-electron chi connectivity index (χ1n) is 11.6. The first-order chi connectivity index (χ1) is 18.6. The zero-order chi connectivity index (χ0) is 28.3. The number of primary amides is 1. The molecule has 0 unspecified atom stereocenters. The molecule has 0 spiro atoms. The number of nitrogens with one attached hydrogen (secondary N) is 1. The van der Waals surface area contributed by atoms with Crippen LogP contribution in [-0.2, 0) is 18.3 Å². The van der Waals surface area contributed by atoms with Gasteiger partial charge in [-0.1, -0.05) is 65.7 Å². The summed E-state index contributed by atoms with van der Waals surface area (Å²) in [6, 6.07) is 16.5. The number of hydrogen-bond donors (Lipinski definition) is 3. The molecule has 1 aromatic heterocycles. The second-order valence-corrected chi connectivity index (χ2v) is 9.48. The molecule has 1 atom stereocenters. The average molecular weight is 565 g/mol. The summed E-state index contributed by atoms with van der Waals surface area (Å²) in [6.45, 7) is 0. The summed E-state index contributed by atoms with van der Waals surface area (Å²) < 4.78 is 1.21. The van der Waals surface area contributed by atoms with E-state index in [0.29, 0.717) is 33.4 Å². The summed E-state index contributed by atoms with van der Waals surface area (Å²) in [7, 11) is 1.53. The van der Waals surface area contributed by atoms with Crippen LogP contribution in [0.4, 0.5) is 0 Å². The Morgan fingerprint density at radius 1 is 0.974 bits per heavy atom. The molecule has 2 amide bonds. The van der Waals surface area contributed by atoms with Crippen LogP contribution in [0.2, 0.25) is 10.0 Å². The number of aliphatic carboxylic acids is 1. The lowest BCUT2D eigenvalue weighted by molar-refractivity contribution is -0.139. The molecule has 0 saturated heterocycles. The van der Waals surface area contributed by atoms with Crippen LogP contribution < -0.4 is 16.6 Å². The molecule has 1 heterocycles. The van der Waals surface area contributed by atoms with Gasteiger partial charge in [0, 0.05) is 24.6 Å². The zero-order valence-corrected chi connectivity index (χ0v) is 22.0. The molecule has 198 valence electrons. The molecule has 9 nitrogen and oxygen atoms in total. The first kappa shape index (κ1) is 27.6. The van der Waals surface area contributed by atoms with E-state index in [1.54, 1.807) is 60.8 Å². The molecule has 11 heteroatoms. The maximum absolute atomic E-state index is 13.1. The van der Waals surface area contributed by atoms with Gasteiger partial charge in [0.25, 0.3) is 11.5 Å². The molecule has 0 fully saturated rings. The van der Waals surface area contributed by atoms with Crippen molar-refractivity contribution in [3.63, 3.8) is 0 Å². The number of carbonyl (C=O) groups is 3. The van der Waals surface area contributed by atoms with Crippen molar-refractivity contribution < 1.29 is 19.5 Å². The topological polar surface area (TPSA) is 144 Å². The normalized spacial score (nSPS) is 11.6. The Labute approximate surface area is 232 Å². The minimum Gasteiger partial charge on any atom is -0.480 e. The Kier molecular flexibility index (Phi) is 8.13. The van der Waals surface area contributed by atoms with Gasteiger partial charge < -0.3 is 16.2 Å². The maximum atomic E-state index is 13.1. The Balaban J connectivity index is 1.62. The van der Waals surface area contributed by atoms with Crippen LogP contribution in [0.5, 0.6) is 0 Å². The number of nitrogens with two attached hydrogens (primary N) is 1.